The van der Waals surface area contributed by atoms with Gasteiger partial charge in [0, 0.05) is 11.3 Å². The lowest BCUT2D eigenvalue weighted by molar-refractivity contribution is 0.0977. The number of thiocarbonyl (C=S) groups is 1. The van der Waals surface area contributed by atoms with Gasteiger partial charge in [0.2, 0.25) is 0 Å². The summed E-state index contributed by atoms with van der Waals surface area (Å²) in [5.74, 6) is -0.225. The van der Waals surface area contributed by atoms with Gasteiger partial charge in [-0.1, -0.05) is 60.2 Å². The Morgan fingerprint density at radius 3 is 2.24 bits per heavy atom. The van der Waals surface area contributed by atoms with E-state index in [9.17, 15) is 4.79 Å². The fourth-order valence-corrected chi connectivity index (χ4v) is 2.66. The van der Waals surface area contributed by atoms with Crippen molar-refractivity contribution in [2.45, 2.75) is 6.92 Å². The van der Waals surface area contributed by atoms with Gasteiger partial charge in [-0.25, -0.2) is 0 Å². The molecule has 0 heterocycles. The van der Waals surface area contributed by atoms with Gasteiger partial charge in [-0.2, -0.15) is 0 Å². The molecule has 2 N–H and O–H groups in total. The predicted molar refractivity (Wildman–Crippen MR) is 107 cm³/mol. The second-order valence-corrected chi connectivity index (χ2v) is 6.13. The molecule has 0 aliphatic heterocycles. The van der Waals surface area contributed by atoms with E-state index in [4.69, 9.17) is 12.2 Å². The third-order valence-corrected chi connectivity index (χ3v) is 3.97. The Kier molecular flexibility index (Phi) is 5.21. The number of nitrogens with one attached hydrogen (secondary N) is 2. The van der Waals surface area contributed by atoms with E-state index in [0.717, 1.165) is 22.4 Å². The Bertz CT molecular complexity index is 889. The minimum Gasteiger partial charge on any atom is -0.332 e. The molecule has 0 aliphatic carbocycles. The molecule has 0 aliphatic rings. The molecule has 0 saturated heterocycles. The van der Waals surface area contributed by atoms with Crippen LogP contribution in [-0.4, -0.2) is 11.0 Å². The van der Waals surface area contributed by atoms with Crippen LogP contribution >= 0.6 is 12.2 Å². The van der Waals surface area contributed by atoms with Crippen LogP contribution in [0.15, 0.2) is 78.9 Å². The highest BCUT2D eigenvalue weighted by molar-refractivity contribution is 7.80. The molecular weight excluding hydrogens is 328 g/mol. The van der Waals surface area contributed by atoms with Gasteiger partial charge in [-0.15, -0.1) is 0 Å². The summed E-state index contributed by atoms with van der Waals surface area (Å²) in [6, 6.07) is 25.4. The molecule has 3 rings (SSSR count). The zero-order valence-corrected chi connectivity index (χ0v) is 14.6. The fourth-order valence-electron chi connectivity index (χ4n) is 2.45. The number of carbonyl (C=O) groups is 1. The quantitative estimate of drug-likeness (QED) is 0.670. The van der Waals surface area contributed by atoms with Crippen LogP contribution in [0.25, 0.3) is 11.1 Å². The van der Waals surface area contributed by atoms with E-state index in [1.165, 1.54) is 0 Å². The molecule has 0 atom stereocenters. The van der Waals surface area contributed by atoms with Crippen molar-refractivity contribution in [2.24, 2.45) is 0 Å². The third-order valence-electron chi connectivity index (χ3n) is 3.77. The molecule has 0 saturated carbocycles. The van der Waals surface area contributed by atoms with E-state index in [-0.39, 0.29) is 11.0 Å². The molecule has 3 aromatic carbocycles. The Hall–Kier alpha value is -2.98. The summed E-state index contributed by atoms with van der Waals surface area (Å²) in [7, 11) is 0. The van der Waals surface area contributed by atoms with Crippen molar-refractivity contribution in [3.05, 3.63) is 90.0 Å². The van der Waals surface area contributed by atoms with E-state index >= 15 is 0 Å². The molecule has 3 nitrogen and oxygen atoms in total. The molecule has 0 fully saturated rings. The van der Waals surface area contributed by atoms with E-state index in [1.807, 2.05) is 61.5 Å². The molecule has 25 heavy (non-hydrogen) atoms. The zero-order valence-electron chi connectivity index (χ0n) is 13.8. The molecular formula is C21H18N2OS. The van der Waals surface area contributed by atoms with E-state index in [1.54, 1.807) is 12.1 Å². The van der Waals surface area contributed by atoms with Gasteiger partial charge in [0.25, 0.3) is 5.91 Å². The molecule has 124 valence electrons. The Labute approximate surface area is 152 Å². The fraction of sp³-hybridized carbons (Fsp3) is 0.0476. The Balaban J connectivity index is 1.67. The van der Waals surface area contributed by atoms with Crippen molar-refractivity contribution in [3.8, 4) is 11.1 Å². The smallest absolute Gasteiger partial charge is 0.257 e. The van der Waals surface area contributed by atoms with Crippen molar-refractivity contribution < 1.29 is 4.79 Å². The van der Waals surface area contributed by atoms with Crippen molar-refractivity contribution in [1.29, 1.82) is 0 Å². The molecule has 0 bridgehead atoms. The molecule has 0 radical (unpaired) electrons. The first-order chi connectivity index (χ1) is 12.1. The van der Waals surface area contributed by atoms with Crippen molar-refractivity contribution in [1.82, 2.24) is 5.32 Å². The Morgan fingerprint density at radius 2 is 1.52 bits per heavy atom. The maximum Gasteiger partial charge on any atom is 0.257 e. The summed E-state index contributed by atoms with van der Waals surface area (Å²) in [5, 5.41) is 6.04. The molecule has 0 spiro atoms. The monoisotopic (exact) mass is 346 g/mol. The number of hydrogen-bond donors (Lipinski definition) is 2. The zero-order chi connectivity index (χ0) is 17.6. The largest absolute Gasteiger partial charge is 0.332 e. The number of rotatable bonds is 3. The highest BCUT2D eigenvalue weighted by Gasteiger charge is 2.08. The van der Waals surface area contributed by atoms with Gasteiger partial charge < -0.3 is 5.32 Å². The van der Waals surface area contributed by atoms with E-state index < -0.39 is 0 Å². The summed E-state index contributed by atoms with van der Waals surface area (Å²) in [6.07, 6.45) is 0. The van der Waals surface area contributed by atoms with Crippen LogP contribution in [0.1, 0.15) is 15.9 Å². The molecule has 0 aromatic heterocycles. The summed E-state index contributed by atoms with van der Waals surface area (Å²) in [6.45, 7) is 1.98. The highest BCUT2D eigenvalue weighted by atomic mass is 32.1. The summed E-state index contributed by atoms with van der Waals surface area (Å²) >= 11 is 5.25. The minimum absolute atomic E-state index is 0.225. The van der Waals surface area contributed by atoms with Crippen LogP contribution in [0.5, 0.6) is 0 Å². The third kappa shape index (κ3) is 4.52. The second-order valence-electron chi connectivity index (χ2n) is 5.72. The van der Waals surface area contributed by atoms with Gasteiger partial charge >= 0.3 is 0 Å². The van der Waals surface area contributed by atoms with Gasteiger partial charge in [-0.05, 0) is 54.5 Å². The second kappa shape index (κ2) is 7.73. The summed E-state index contributed by atoms with van der Waals surface area (Å²) < 4.78 is 0. The normalized spacial score (nSPS) is 10.1. The minimum atomic E-state index is -0.225. The number of benzene rings is 3. The number of hydrogen-bond acceptors (Lipinski definition) is 2. The first kappa shape index (κ1) is 16.9. The van der Waals surface area contributed by atoms with Gasteiger partial charge in [-0.3, -0.25) is 10.1 Å². The van der Waals surface area contributed by atoms with Crippen molar-refractivity contribution in [2.75, 3.05) is 5.32 Å². The lowest BCUT2D eigenvalue weighted by Gasteiger charge is -2.11. The average molecular weight is 346 g/mol. The van der Waals surface area contributed by atoms with Gasteiger partial charge in [0.05, 0.1) is 0 Å². The number of amides is 1. The van der Waals surface area contributed by atoms with Gasteiger partial charge in [0.1, 0.15) is 0 Å². The van der Waals surface area contributed by atoms with E-state index in [0.29, 0.717) is 5.56 Å². The Morgan fingerprint density at radius 1 is 0.840 bits per heavy atom. The number of anilines is 1. The molecule has 3 aromatic rings. The topological polar surface area (TPSA) is 41.1 Å². The first-order valence-electron chi connectivity index (χ1n) is 7.96. The van der Waals surface area contributed by atoms with Crippen LogP contribution in [0.2, 0.25) is 0 Å². The van der Waals surface area contributed by atoms with Crippen LogP contribution in [0.3, 0.4) is 0 Å². The van der Waals surface area contributed by atoms with Crippen molar-refractivity contribution in [3.63, 3.8) is 0 Å². The molecule has 0 unspecified atom stereocenters. The molecule has 4 heteroatoms. The SMILES string of the molecule is Cc1ccc(C(=O)NC(=S)Nc2cccc(-c3ccccc3)c2)cc1. The maximum absolute atomic E-state index is 12.2. The maximum atomic E-state index is 12.2. The van der Waals surface area contributed by atoms with E-state index in [2.05, 4.69) is 22.8 Å². The predicted octanol–water partition coefficient (Wildman–Crippen LogP) is 4.79. The highest BCUT2D eigenvalue weighted by Crippen LogP contribution is 2.22. The lowest BCUT2D eigenvalue weighted by Crippen LogP contribution is -2.34. The number of aryl methyl sites for hydroxylation is 1. The van der Waals surface area contributed by atoms with Crippen LogP contribution in [-0.2, 0) is 0 Å². The average Bonchev–Trinajstić information content (AvgIpc) is 2.63. The lowest BCUT2D eigenvalue weighted by atomic mass is 10.1. The number of carbonyl (C=O) groups excluding carboxylic acids is 1. The summed E-state index contributed by atoms with van der Waals surface area (Å²) in [4.78, 5) is 12.2. The summed E-state index contributed by atoms with van der Waals surface area (Å²) in [5.41, 5.74) is 4.72. The first-order valence-corrected chi connectivity index (χ1v) is 8.37. The van der Waals surface area contributed by atoms with Gasteiger partial charge in [0.15, 0.2) is 5.11 Å². The standard InChI is InChI=1S/C21H18N2OS/c1-15-10-12-17(13-11-15)20(24)23-21(25)22-19-9-5-8-18(14-19)16-6-3-2-4-7-16/h2-14H,1H3,(H2,22,23,24,25). The van der Waals surface area contributed by atoms with Crippen LogP contribution < -0.4 is 10.6 Å². The van der Waals surface area contributed by atoms with Crippen LogP contribution in [0, 0.1) is 6.92 Å². The van der Waals surface area contributed by atoms with Crippen molar-refractivity contribution >= 4 is 28.9 Å². The molecule has 1 amide bonds. The van der Waals surface area contributed by atoms with Crippen LogP contribution in [0.4, 0.5) is 5.69 Å².